The highest BCUT2D eigenvalue weighted by atomic mass is 16.5. The first-order chi connectivity index (χ1) is 15.7. The third-order valence-electron chi connectivity index (χ3n) is 5.82. The first-order valence-corrected chi connectivity index (χ1v) is 10.7. The molecule has 0 saturated carbocycles. The van der Waals surface area contributed by atoms with Crippen LogP contribution in [0.4, 0.5) is 0 Å². The van der Waals surface area contributed by atoms with Gasteiger partial charge in [0.1, 0.15) is 6.10 Å². The van der Waals surface area contributed by atoms with Gasteiger partial charge < -0.3 is 10.5 Å². The molecule has 0 spiro atoms. The second kappa shape index (κ2) is 8.86. The van der Waals surface area contributed by atoms with E-state index in [0.717, 1.165) is 42.1 Å². The summed E-state index contributed by atoms with van der Waals surface area (Å²) in [6.45, 7) is 3.11. The Morgan fingerprint density at radius 2 is 1.94 bits per heavy atom. The highest BCUT2D eigenvalue weighted by Crippen LogP contribution is 2.26. The lowest BCUT2D eigenvalue weighted by Crippen LogP contribution is -2.38. The van der Waals surface area contributed by atoms with E-state index in [1.165, 1.54) is 10.9 Å². The van der Waals surface area contributed by atoms with E-state index in [2.05, 4.69) is 28.1 Å². The number of benzene rings is 2. The maximum atomic E-state index is 11.5. The zero-order valence-corrected chi connectivity index (χ0v) is 17.6. The number of hydrogen-bond acceptors (Lipinski definition) is 5. The van der Waals surface area contributed by atoms with Gasteiger partial charge in [-0.3, -0.25) is 19.7 Å². The first-order valence-electron chi connectivity index (χ1n) is 10.7. The van der Waals surface area contributed by atoms with Crippen LogP contribution in [-0.4, -0.2) is 40.5 Å². The highest BCUT2D eigenvalue weighted by molar-refractivity contribution is 5.94. The summed E-state index contributed by atoms with van der Waals surface area (Å²) < 4.78 is 6.08. The van der Waals surface area contributed by atoms with Crippen molar-refractivity contribution in [2.45, 2.75) is 12.6 Å². The van der Waals surface area contributed by atoms with Gasteiger partial charge in [0.2, 0.25) is 5.91 Å². The van der Waals surface area contributed by atoms with Gasteiger partial charge in [0, 0.05) is 42.3 Å². The Morgan fingerprint density at radius 3 is 2.84 bits per heavy atom. The Morgan fingerprint density at radius 1 is 1.06 bits per heavy atom. The monoisotopic (exact) mass is 424 g/mol. The van der Waals surface area contributed by atoms with Crippen LogP contribution >= 0.6 is 0 Å². The van der Waals surface area contributed by atoms with Gasteiger partial charge in [-0.25, -0.2) is 0 Å². The van der Waals surface area contributed by atoms with Gasteiger partial charge in [-0.05, 0) is 42.0 Å². The second-order valence-electron chi connectivity index (χ2n) is 7.97. The van der Waals surface area contributed by atoms with E-state index < -0.39 is 5.91 Å². The van der Waals surface area contributed by atoms with E-state index in [9.17, 15) is 4.79 Å². The summed E-state index contributed by atoms with van der Waals surface area (Å²) in [4.78, 5) is 23.3. The molecule has 2 aromatic carbocycles. The number of nitrogens with two attached hydrogens (primary N) is 1. The summed E-state index contributed by atoms with van der Waals surface area (Å²) in [7, 11) is 0. The molecule has 1 amide bonds. The molecule has 0 aliphatic carbocycles. The van der Waals surface area contributed by atoms with Crippen molar-refractivity contribution in [3.8, 4) is 11.3 Å². The molecule has 2 N–H and O–H groups in total. The zero-order chi connectivity index (χ0) is 21.9. The van der Waals surface area contributed by atoms with Crippen molar-refractivity contribution in [3.05, 3.63) is 95.8 Å². The molecular weight excluding hydrogens is 400 g/mol. The van der Waals surface area contributed by atoms with E-state index in [1.54, 1.807) is 12.1 Å². The molecule has 0 bridgehead atoms. The highest BCUT2D eigenvalue weighted by Gasteiger charge is 2.24. The van der Waals surface area contributed by atoms with Gasteiger partial charge in [-0.15, -0.1) is 0 Å². The van der Waals surface area contributed by atoms with Crippen molar-refractivity contribution >= 4 is 16.8 Å². The Labute approximate surface area is 186 Å². The van der Waals surface area contributed by atoms with Crippen LogP contribution in [0.1, 0.15) is 27.7 Å². The van der Waals surface area contributed by atoms with Crippen LogP contribution in [-0.2, 0) is 11.3 Å². The van der Waals surface area contributed by atoms with Crippen molar-refractivity contribution in [1.82, 2.24) is 14.9 Å². The first kappa shape index (κ1) is 20.3. The lowest BCUT2D eigenvalue weighted by molar-refractivity contribution is -0.0348. The Hall–Kier alpha value is -3.61. The predicted molar refractivity (Wildman–Crippen MR) is 124 cm³/mol. The molecule has 1 saturated heterocycles. The Bertz CT molecular complexity index is 1270. The van der Waals surface area contributed by atoms with Crippen LogP contribution in [0.5, 0.6) is 0 Å². The van der Waals surface area contributed by atoms with Crippen LogP contribution in [0.25, 0.3) is 22.2 Å². The SMILES string of the molecule is NC(=O)c1cccc(-c2cccc([C@H]3CN(Cc4cccc5ncccc45)CCO3)n2)c1. The average molecular weight is 425 g/mol. The van der Waals surface area contributed by atoms with Gasteiger partial charge in [0.15, 0.2) is 0 Å². The summed E-state index contributed by atoms with van der Waals surface area (Å²) in [5.74, 6) is -0.446. The minimum absolute atomic E-state index is 0.115. The van der Waals surface area contributed by atoms with Crippen molar-refractivity contribution in [3.63, 3.8) is 0 Å². The normalized spacial score (nSPS) is 16.8. The van der Waals surface area contributed by atoms with E-state index in [4.69, 9.17) is 15.5 Å². The van der Waals surface area contributed by atoms with E-state index in [1.807, 2.05) is 48.7 Å². The molecule has 2 aromatic heterocycles. The van der Waals surface area contributed by atoms with E-state index in [-0.39, 0.29) is 6.10 Å². The summed E-state index contributed by atoms with van der Waals surface area (Å²) >= 11 is 0. The molecule has 1 aliphatic heterocycles. The molecule has 1 fully saturated rings. The molecule has 4 aromatic rings. The minimum atomic E-state index is -0.446. The summed E-state index contributed by atoms with van der Waals surface area (Å²) in [5.41, 5.74) is 10.7. The van der Waals surface area contributed by atoms with Crippen LogP contribution in [0.15, 0.2) is 79.0 Å². The Kier molecular flexibility index (Phi) is 5.62. The fourth-order valence-corrected chi connectivity index (χ4v) is 4.19. The van der Waals surface area contributed by atoms with Crippen molar-refractivity contribution in [2.75, 3.05) is 19.7 Å². The number of amides is 1. The summed E-state index contributed by atoms with van der Waals surface area (Å²) in [6.07, 6.45) is 1.71. The van der Waals surface area contributed by atoms with Crippen molar-refractivity contribution in [2.24, 2.45) is 5.73 Å². The molecule has 160 valence electrons. The largest absolute Gasteiger partial charge is 0.369 e. The number of fused-ring (bicyclic) bond motifs is 1. The lowest BCUT2D eigenvalue weighted by Gasteiger charge is -2.33. The predicted octanol–water partition coefficient (Wildman–Crippen LogP) is 3.97. The van der Waals surface area contributed by atoms with Crippen molar-refractivity contribution in [1.29, 1.82) is 0 Å². The number of carbonyl (C=O) groups excluding carboxylic acids is 1. The number of aromatic nitrogens is 2. The zero-order valence-electron chi connectivity index (χ0n) is 17.6. The van der Waals surface area contributed by atoms with Gasteiger partial charge in [0.25, 0.3) is 0 Å². The number of nitrogens with zero attached hydrogens (tertiary/aromatic N) is 3. The number of rotatable bonds is 5. The van der Waals surface area contributed by atoms with Crippen LogP contribution in [0.2, 0.25) is 0 Å². The van der Waals surface area contributed by atoms with Gasteiger partial charge in [-0.2, -0.15) is 0 Å². The van der Waals surface area contributed by atoms with Crippen LogP contribution in [0.3, 0.4) is 0 Å². The fraction of sp³-hybridized carbons (Fsp3) is 0.192. The molecular formula is C26H24N4O2. The van der Waals surface area contributed by atoms with E-state index >= 15 is 0 Å². The molecule has 0 unspecified atom stereocenters. The number of pyridine rings is 2. The number of hydrogen-bond donors (Lipinski definition) is 1. The second-order valence-corrected chi connectivity index (χ2v) is 7.97. The third kappa shape index (κ3) is 4.23. The van der Waals surface area contributed by atoms with Gasteiger partial charge in [0.05, 0.1) is 23.5 Å². The third-order valence-corrected chi connectivity index (χ3v) is 5.82. The van der Waals surface area contributed by atoms with Crippen LogP contribution in [0, 0.1) is 0 Å². The molecule has 5 rings (SSSR count). The number of primary amides is 1. The quantitative estimate of drug-likeness (QED) is 0.524. The molecule has 0 radical (unpaired) electrons. The van der Waals surface area contributed by atoms with Crippen LogP contribution < -0.4 is 5.73 Å². The standard InChI is InChI=1S/C26H24N4O2/c27-26(31)19-6-1-5-18(15-19)22-9-3-11-24(29-22)25-17-30(13-14-32-25)16-20-7-2-10-23-21(20)8-4-12-28-23/h1-12,15,25H,13-14,16-17H2,(H2,27,31)/t25-/m1/s1. The van der Waals surface area contributed by atoms with Gasteiger partial charge >= 0.3 is 0 Å². The topological polar surface area (TPSA) is 81.3 Å². The molecule has 6 nitrogen and oxygen atoms in total. The number of morpholine rings is 1. The molecule has 6 heteroatoms. The summed E-state index contributed by atoms with van der Waals surface area (Å²) in [6, 6.07) is 23.5. The maximum Gasteiger partial charge on any atom is 0.248 e. The lowest BCUT2D eigenvalue weighted by atomic mass is 10.1. The summed E-state index contributed by atoms with van der Waals surface area (Å²) in [5, 5.41) is 1.19. The van der Waals surface area contributed by atoms with E-state index in [0.29, 0.717) is 12.2 Å². The number of ether oxygens (including phenoxy) is 1. The molecule has 3 heterocycles. The fourth-order valence-electron chi connectivity index (χ4n) is 4.19. The average Bonchev–Trinajstić information content (AvgIpc) is 2.85. The van der Waals surface area contributed by atoms with Crippen molar-refractivity contribution < 1.29 is 9.53 Å². The number of carbonyl (C=O) groups is 1. The molecule has 1 aliphatic rings. The smallest absolute Gasteiger partial charge is 0.248 e. The van der Waals surface area contributed by atoms with Gasteiger partial charge in [-0.1, -0.05) is 36.4 Å². The maximum absolute atomic E-state index is 11.5. The molecule has 32 heavy (non-hydrogen) atoms. The Balaban J connectivity index is 1.36. The molecule has 1 atom stereocenters. The minimum Gasteiger partial charge on any atom is -0.369 e.